The average Bonchev–Trinajstić information content (AvgIpc) is 3.07. The van der Waals surface area contributed by atoms with Gasteiger partial charge in [0, 0.05) is 18.5 Å². The number of benzene rings is 1. The number of halogens is 1. The van der Waals surface area contributed by atoms with E-state index in [0.717, 1.165) is 11.3 Å². The molecule has 0 saturated heterocycles. The van der Waals surface area contributed by atoms with Gasteiger partial charge in [0.25, 0.3) is 0 Å². The van der Waals surface area contributed by atoms with Gasteiger partial charge in [-0.3, -0.25) is 0 Å². The van der Waals surface area contributed by atoms with Gasteiger partial charge >= 0.3 is 5.97 Å². The van der Waals surface area contributed by atoms with Crippen molar-refractivity contribution in [1.82, 2.24) is 15.0 Å². The van der Waals surface area contributed by atoms with Gasteiger partial charge < -0.3 is 9.47 Å². The van der Waals surface area contributed by atoms with E-state index >= 15 is 0 Å². The van der Waals surface area contributed by atoms with Crippen LogP contribution in [-0.2, 0) is 0 Å². The molecule has 0 N–H and O–H groups in total. The first-order valence-corrected chi connectivity index (χ1v) is 9.06. The summed E-state index contributed by atoms with van der Waals surface area (Å²) in [5.74, 6) is 0.0901. The maximum atomic E-state index is 12.7. The minimum absolute atomic E-state index is 0.0628. The Hall–Kier alpha value is -3.02. The zero-order chi connectivity index (χ0) is 19.4. The number of ether oxygens (including phenoxy) is 2. The van der Waals surface area contributed by atoms with Crippen molar-refractivity contribution in [1.29, 1.82) is 5.26 Å². The number of aryl methyl sites for hydroxylation is 1. The molecule has 0 atom stereocenters. The summed E-state index contributed by atoms with van der Waals surface area (Å²) in [5.41, 5.74) is 0.802. The van der Waals surface area contributed by atoms with Gasteiger partial charge in [0.15, 0.2) is 22.3 Å². The molecule has 9 heteroatoms. The van der Waals surface area contributed by atoms with Crippen molar-refractivity contribution in [3.8, 4) is 28.4 Å². The van der Waals surface area contributed by atoms with Gasteiger partial charge in [-0.1, -0.05) is 11.6 Å². The van der Waals surface area contributed by atoms with E-state index in [9.17, 15) is 4.79 Å². The number of hydrogen-bond donors (Lipinski definition) is 0. The molecule has 0 radical (unpaired) electrons. The van der Waals surface area contributed by atoms with Crippen LogP contribution in [0.15, 0.2) is 30.6 Å². The molecule has 0 saturated carbocycles. The van der Waals surface area contributed by atoms with E-state index in [1.165, 1.54) is 12.1 Å². The second-order valence-electron chi connectivity index (χ2n) is 5.23. The van der Waals surface area contributed by atoms with Crippen molar-refractivity contribution in [2.24, 2.45) is 0 Å². The smallest absolute Gasteiger partial charge is 0.355 e. The van der Waals surface area contributed by atoms with Crippen molar-refractivity contribution in [3.05, 3.63) is 51.7 Å². The lowest BCUT2D eigenvalue weighted by molar-refractivity contribution is 0.0732. The van der Waals surface area contributed by atoms with Crippen LogP contribution in [0.3, 0.4) is 0 Å². The lowest BCUT2D eigenvalue weighted by atomic mass is 10.2. The van der Waals surface area contributed by atoms with E-state index in [1.54, 1.807) is 32.3 Å². The fraction of sp³-hybridized carbons (Fsp3) is 0.167. The van der Waals surface area contributed by atoms with Crippen LogP contribution < -0.4 is 9.47 Å². The first-order chi connectivity index (χ1) is 13.0. The van der Waals surface area contributed by atoms with Crippen LogP contribution in [0.2, 0.25) is 5.02 Å². The SMILES string of the molecule is CCOc1cc(C#N)cc(Cl)c1OC(=O)c1sc(-c2ncccn2)nc1C. The Balaban J connectivity index is 1.93. The van der Waals surface area contributed by atoms with E-state index < -0.39 is 5.97 Å². The predicted molar refractivity (Wildman–Crippen MR) is 100 cm³/mol. The van der Waals surface area contributed by atoms with E-state index in [4.69, 9.17) is 26.3 Å². The molecule has 0 aliphatic heterocycles. The minimum atomic E-state index is -0.625. The second kappa shape index (κ2) is 8.12. The van der Waals surface area contributed by atoms with E-state index in [-0.39, 0.29) is 16.5 Å². The van der Waals surface area contributed by atoms with Crippen LogP contribution in [0.25, 0.3) is 10.8 Å². The summed E-state index contributed by atoms with van der Waals surface area (Å²) < 4.78 is 10.9. The van der Waals surface area contributed by atoms with E-state index in [2.05, 4.69) is 15.0 Å². The van der Waals surface area contributed by atoms with Crippen molar-refractivity contribution in [2.75, 3.05) is 6.61 Å². The molecule has 2 heterocycles. The van der Waals surface area contributed by atoms with Crippen molar-refractivity contribution in [3.63, 3.8) is 0 Å². The first-order valence-electron chi connectivity index (χ1n) is 7.87. The van der Waals surface area contributed by atoms with Crippen molar-refractivity contribution >= 4 is 28.9 Å². The highest BCUT2D eigenvalue weighted by molar-refractivity contribution is 7.17. The van der Waals surface area contributed by atoms with Gasteiger partial charge in [0.05, 0.1) is 29.0 Å². The van der Waals surface area contributed by atoms with Gasteiger partial charge in [0.2, 0.25) is 0 Å². The zero-order valence-electron chi connectivity index (χ0n) is 14.4. The number of aromatic nitrogens is 3. The quantitative estimate of drug-likeness (QED) is 0.470. The number of carbonyl (C=O) groups excluding carboxylic acids is 1. The van der Waals surface area contributed by atoms with Crippen molar-refractivity contribution in [2.45, 2.75) is 13.8 Å². The fourth-order valence-electron chi connectivity index (χ4n) is 2.22. The Morgan fingerprint density at radius 1 is 1.33 bits per heavy atom. The number of nitrogens with zero attached hydrogens (tertiary/aromatic N) is 4. The molecule has 0 aliphatic carbocycles. The summed E-state index contributed by atoms with van der Waals surface area (Å²) in [6.07, 6.45) is 3.20. The Bertz CT molecular complexity index is 1030. The molecule has 0 unspecified atom stereocenters. The lowest BCUT2D eigenvalue weighted by Gasteiger charge is -2.12. The molecule has 3 rings (SSSR count). The molecule has 7 nitrogen and oxygen atoms in total. The van der Waals surface area contributed by atoms with Crippen LogP contribution in [0.4, 0.5) is 0 Å². The molecule has 0 bridgehead atoms. The average molecular weight is 401 g/mol. The number of thiazole rings is 1. The molecule has 0 fully saturated rings. The van der Waals surface area contributed by atoms with Crippen LogP contribution >= 0.6 is 22.9 Å². The van der Waals surface area contributed by atoms with Crippen LogP contribution in [-0.4, -0.2) is 27.5 Å². The molecule has 136 valence electrons. The van der Waals surface area contributed by atoms with E-state index in [1.807, 2.05) is 6.07 Å². The summed E-state index contributed by atoms with van der Waals surface area (Å²) in [5, 5.41) is 9.68. The molecule has 0 spiro atoms. The topological polar surface area (TPSA) is 98.0 Å². The van der Waals surface area contributed by atoms with Gasteiger partial charge in [-0.05, 0) is 26.0 Å². The fourth-order valence-corrected chi connectivity index (χ4v) is 3.36. The standard InChI is InChI=1S/C18H13ClN4O3S/c1-3-25-13-8-11(9-20)7-12(19)14(13)26-18(24)15-10(2)23-17(27-15)16-21-5-4-6-22-16/h4-8H,3H2,1-2H3. The van der Waals surface area contributed by atoms with E-state index in [0.29, 0.717) is 33.6 Å². The monoisotopic (exact) mass is 400 g/mol. The highest BCUT2D eigenvalue weighted by Gasteiger charge is 2.22. The number of carbonyl (C=O) groups is 1. The highest BCUT2D eigenvalue weighted by atomic mass is 35.5. The van der Waals surface area contributed by atoms with Crippen LogP contribution in [0.1, 0.15) is 27.9 Å². The number of nitriles is 1. The lowest BCUT2D eigenvalue weighted by Crippen LogP contribution is -2.10. The molecule has 27 heavy (non-hydrogen) atoms. The maximum absolute atomic E-state index is 12.7. The maximum Gasteiger partial charge on any atom is 0.355 e. The molecular formula is C18H13ClN4O3S. The minimum Gasteiger partial charge on any atom is -0.490 e. The normalized spacial score (nSPS) is 10.3. The largest absolute Gasteiger partial charge is 0.490 e. The molecule has 0 amide bonds. The molecular weight excluding hydrogens is 388 g/mol. The summed E-state index contributed by atoms with van der Waals surface area (Å²) in [6, 6.07) is 6.56. The summed E-state index contributed by atoms with van der Waals surface area (Å²) in [4.78, 5) is 25.6. The number of esters is 1. The Kier molecular flexibility index (Phi) is 5.64. The molecule has 0 aliphatic rings. The van der Waals surface area contributed by atoms with Gasteiger partial charge in [0.1, 0.15) is 4.88 Å². The molecule has 1 aromatic carbocycles. The van der Waals surface area contributed by atoms with Crippen molar-refractivity contribution < 1.29 is 14.3 Å². The summed E-state index contributed by atoms with van der Waals surface area (Å²) in [7, 11) is 0. The highest BCUT2D eigenvalue weighted by Crippen LogP contribution is 2.38. The van der Waals surface area contributed by atoms with Gasteiger partial charge in [-0.25, -0.2) is 19.7 Å². The molecule has 3 aromatic rings. The predicted octanol–water partition coefficient (Wildman–Crippen LogP) is 4.05. The number of hydrogen-bond acceptors (Lipinski definition) is 8. The van der Waals surface area contributed by atoms with Crippen LogP contribution in [0.5, 0.6) is 11.5 Å². The third-order valence-corrected chi connectivity index (χ3v) is 4.79. The third kappa shape index (κ3) is 4.05. The van der Waals surface area contributed by atoms with Crippen LogP contribution in [0, 0.1) is 18.3 Å². The summed E-state index contributed by atoms with van der Waals surface area (Å²) >= 11 is 7.31. The third-order valence-electron chi connectivity index (χ3n) is 3.37. The zero-order valence-corrected chi connectivity index (χ0v) is 16.0. The number of rotatable bonds is 5. The first kappa shape index (κ1) is 18.8. The van der Waals surface area contributed by atoms with Gasteiger partial charge in [-0.2, -0.15) is 5.26 Å². The molecule has 2 aromatic heterocycles. The Morgan fingerprint density at radius 3 is 2.74 bits per heavy atom. The Morgan fingerprint density at radius 2 is 2.07 bits per heavy atom. The van der Waals surface area contributed by atoms with Gasteiger partial charge in [-0.15, -0.1) is 11.3 Å². The second-order valence-corrected chi connectivity index (χ2v) is 6.63. The summed E-state index contributed by atoms with van der Waals surface area (Å²) in [6.45, 7) is 3.80. The Labute approximate surface area is 164 Å².